The number of hydrogen-bond donors (Lipinski definition) is 2. The summed E-state index contributed by atoms with van der Waals surface area (Å²) in [5.74, 6) is 0.580. The SMILES string of the molecule is CNC(=O)CCCN(C)C(=O)c1ccc(-c2ncn[nH]2)cc1. The number of amides is 2. The molecule has 2 amide bonds. The Kier molecular flexibility index (Phi) is 5.24. The molecule has 2 rings (SSSR count). The largest absolute Gasteiger partial charge is 0.359 e. The Hall–Kier alpha value is -2.70. The molecular weight excluding hydrogens is 282 g/mol. The van der Waals surface area contributed by atoms with Crippen LogP contribution in [0.25, 0.3) is 11.4 Å². The Morgan fingerprint density at radius 2 is 2.00 bits per heavy atom. The standard InChI is InChI=1S/C15H19N5O2/c1-16-13(21)4-3-9-20(2)15(22)12-7-5-11(6-8-12)14-17-10-18-19-14/h5-8,10H,3-4,9H2,1-2H3,(H,16,21)(H,17,18,19). The number of benzene rings is 1. The molecule has 0 aliphatic rings. The fourth-order valence-corrected chi connectivity index (χ4v) is 2.04. The molecule has 0 atom stereocenters. The van der Waals surface area contributed by atoms with Crippen molar-refractivity contribution in [2.75, 3.05) is 20.6 Å². The average molecular weight is 301 g/mol. The highest BCUT2D eigenvalue weighted by molar-refractivity contribution is 5.94. The van der Waals surface area contributed by atoms with Crippen molar-refractivity contribution < 1.29 is 9.59 Å². The molecule has 22 heavy (non-hydrogen) atoms. The first-order valence-electron chi connectivity index (χ1n) is 7.03. The van der Waals surface area contributed by atoms with Crippen LogP contribution in [0.2, 0.25) is 0 Å². The summed E-state index contributed by atoms with van der Waals surface area (Å²) >= 11 is 0. The molecule has 0 aliphatic carbocycles. The lowest BCUT2D eigenvalue weighted by Gasteiger charge is -2.17. The third kappa shape index (κ3) is 3.91. The van der Waals surface area contributed by atoms with Gasteiger partial charge in [-0.3, -0.25) is 14.7 Å². The number of H-pyrrole nitrogens is 1. The number of hydrogen-bond acceptors (Lipinski definition) is 4. The molecule has 2 N–H and O–H groups in total. The predicted octanol–water partition coefficient (Wildman–Crippen LogP) is 1.07. The van der Waals surface area contributed by atoms with Crippen molar-refractivity contribution in [2.45, 2.75) is 12.8 Å². The van der Waals surface area contributed by atoms with Gasteiger partial charge in [0.1, 0.15) is 6.33 Å². The first kappa shape index (κ1) is 15.7. The van der Waals surface area contributed by atoms with E-state index >= 15 is 0 Å². The summed E-state index contributed by atoms with van der Waals surface area (Å²) < 4.78 is 0. The van der Waals surface area contributed by atoms with Gasteiger partial charge < -0.3 is 10.2 Å². The van der Waals surface area contributed by atoms with Gasteiger partial charge in [0.15, 0.2) is 5.82 Å². The van der Waals surface area contributed by atoms with Gasteiger partial charge in [0.25, 0.3) is 5.91 Å². The zero-order valence-electron chi connectivity index (χ0n) is 12.7. The van der Waals surface area contributed by atoms with Gasteiger partial charge in [0.2, 0.25) is 5.91 Å². The average Bonchev–Trinajstić information content (AvgIpc) is 3.08. The van der Waals surface area contributed by atoms with Crippen molar-refractivity contribution in [3.8, 4) is 11.4 Å². The Bertz CT molecular complexity index is 622. The van der Waals surface area contributed by atoms with Crippen LogP contribution in [0, 0.1) is 0 Å². The van der Waals surface area contributed by atoms with E-state index < -0.39 is 0 Å². The van der Waals surface area contributed by atoms with Gasteiger partial charge in [0, 0.05) is 38.2 Å². The van der Waals surface area contributed by atoms with Crippen molar-refractivity contribution in [2.24, 2.45) is 0 Å². The van der Waals surface area contributed by atoms with Crippen LogP contribution < -0.4 is 5.32 Å². The summed E-state index contributed by atoms with van der Waals surface area (Å²) in [6, 6.07) is 7.17. The third-order valence-corrected chi connectivity index (χ3v) is 3.34. The second-order valence-corrected chi connectivity index (χ2v) is 4.91. The van der Waals surface area contributed by atoms with Gasteiger partial charge in [-0.25, -0.2) is 4.98 Å². The summed E-state index contributed by atoms with van der Waals surface area (Å²) in [4.78, 5) is 29.1. The predicted molar refractivity (Wildman–Crippen MR) is 82.1 cm³/mol. The summed E-state index contributed by atoms with van der Waals surface area (Å²) in [5, 5.41) is 9.13. The molecule has 1 aromatic heterocycles. The zero-order valence-corrected chi connectivity index (χ0v) is 12.7. The van der Waals surface area contributed by atoms with Crippen molar-refractivity contribution in [3.05, 3.63) is 36.2 Å². The molecule has 0 aliphatic heterocycles. The van der Waals surface area contributed by atoms with Crippen molar-refractivity contribution in [1.29, 1.82) is 0 Å². The van der Waals surface area contributed by atoms with E-state index in [0.29, 0.717) is 30.8 Å². The molecule has 116 valence electrons. The van der Waals surface area contributed by atoms with Crippen LogP contribution in [0.1, 0.15) is 23.2 Å². The Labute approximate surface area is 128 Å². The molecule has 0 saturated heterocycles. The van der Waals surface area contributed by atoms with Crippen molar-refractivity contribution >= 4 is 11.8 Å². The van der Waals surface area contributed by atoms with Crippen molar-refractivity contribution in [3.63, 3.8) is 0 Å². The Morgan fingerprint density at radius 3 is 2.59 bits per heavy atom. The van der Waals surface area contributed by atoms with Gasteiger partial charge >= 0.3 is 0 Å². The van der Waals surface area contributed by atoms with Gasteiger partial charge in [-0.15, -0.1) is 0 Å². The van der Waals surface area contributed by atoms with E-state index in [1.54, 1.807) is 31.1 Å². The fourth-order valence-electron chi connectivity index (χ4n) is 2.04. The van der Waals surface area contributed by atoms with Crippen LogP contribution >= 0.6 is 0 Å². The fraction of sp³-hybridized carbons (Fsp3) is 0.333. The van der Waals surface area contributed by atoms with E-state index in [1.165, 1.54) is 6.33 Å². The molecular formula is C15H19N5O2. The number of aromatic amines is 1. The van der Waals surface area contributed by atoms with Gasteiger partial charge in [-0.1, -0.05) is 12.1 Å². The van der Waals surface area contributed by atoms with E-state index in [1.807, 2.05) is 12.1 Å². The number of carbonyl (C=O) groups is 2. The summed E-state index contributed by atoms with van der Waals surface area (Å²) in [5.41, 5.74) is 1.47. The quantitative estimate of drug-likeness (QED) is 0.835. The highest BCUT2D eigenvalue weighted by atomic mass is 16.2. The van der Waals surface area contributed by atoms with Crippen LogP contribution in [0.15, 0.2) is 30.6 Å². The highest BCUT2D eigenvalue weighted by Gasteiger charge is 2.12. The second kappa shape index (κ2) is 7.35. The molecule has 0 bridgehead atoms. The van der Waals surface area contributed by atoms with E-state index in [-0.39, 0.29) is 11.8 Å². The third-order valence-electron chi connectivity index (χ3n) is 3.34. The first-order chi connectivity index (χ1) is 10.6. The van der Waals surface area contributed by atoms with Crippen molar-refractivity contribution in [1.82, 2.24) is 25.4 Å². The molecule has 2 aromatic rings. The number of aromatic nitrogens is 3. The molecule has 7 heteroatoms. The maximum absolute atomic E-state index is 12.3. The summed E-state index contributed by atoms with van der Waals surface area (Å²) in [6.07, 6.45) is 2.49. The second-order valence-electron chi connectivity index (χ2n) is 4.91. The topological polar surface area (TPSA) is 91.0 Å². The van der Waals surface area contributed by atoms with E-state index in [2.05, 4.69) is 20.5 Å². The normalized spacial score (nSPS) is 10.3. The summed E-state index contributed by atoms with van der Waals surface area (Å²) in [6.45, 7) is 0.538. The van der Waals surface area contributed by atoms with Gasteiger partial charge in [-0.05, 0) is 18.6 Å². The van der Waals surface area contributed by atoms with E-state index in [9.17, 15) is 9.59 Å². The minimum atomic E-state index is -0.0685. The molecule has 0 spiro atoms. The Balaban J connectivity index is 1.93. The number of nitrogens with zero attached hydrogens (tertiary/aromatic N) is 3. The lowest BCUT2D eigenvalue weighted by molar-refractivity contribution is -0.120. The van der Waals surface area contributed by atoms with Crippen LogP contribution in [0.5, 0.6) is 0 Å². The monoisotopic (exact) mass is 301 g/mol. The smallest absolute Gasteiger partial charge is 0.253 e. The lowest BCUT2D eigenvalue weighted by atomic mass is 10.1. The van der Waals surface area contributed by atoms with Crippen LogP contribution in [-0.2, 0) is 4.79 Å². The first-order valence-corrected chi connectivity index (χ1v) is 7.03. The highest BCUT2D eigenvalue weighted by Crippen LogP contribution is 2.15. The van der Waals surface area contributed by atoms with Crippen LogP contribution in [-0.4, -0.2) is 52.5 Å². The molecule has 0 radical (unpaired) electrons. The van der Waals surface area contributed by atoms with Crippen LogP contribution in [0.3, 0.4) is 0 Å². The van der Waals surface area contributed by atoms with E-state index in [4.69, 9.17) is 0 Å². The van der Waals surface area contributed by atoms with Crippen LogP contribution in [0.4, 0.5) is 0 Å². The summed E-state index contributed by atoms with van der Waals surface area (Å²) in [7, 11) is 3.34. The minimum Gasteiger partial charge on any atom is -0.359 e. The minimum absolute atomic E-state index is 0.0164. The number of rotatable bonds is 6. The maximum Gasteiger partial charge on any atom is 0.253 e. The molecule has 0 unspecified atom stereocenters. The molecule has 7 nitrogen and oxygen atoms in total. The molecule has 1 heterocycles. The van der Waals surface area contributed by atoms with Gasteiger partial charge in [-0.2, -0.15) is 5.10 Å². The lowest BCUT2D eigenvalue weighted by Crippen LogP contribution is -2.28. The zero-order chi connectivity index (χ0) is 15.9. The van der Waals surface area contributed by atoms with Gasteiger partial charge in [0.05, 0.1) is 0 Å². The number of nitrogens with one attached hydrogen (secondary N) is 2. The molecule has 0 saturated carbocycles. The van der Waals surface area contributed by atoms with E-state index in [0.717, 1.165) is 5.56 Å². The number of carbonyl (C=O) groups excluding carboxylic acids is 2. The molecule has 1 aromatic carbocycles. The molecule has 0 fully saturated rings. The Morgan fingerprint density at radius 1 is 1.27 bits per heavy atom. The maximum atomic E-state index is 12.3.